The van der Waals surface area contributed by atoms with Gasteiger partial charge in [0.05, 0.1) is 6.54 Å². The van der Waals surface area contributed by atoms with Gasteiger partial charge >= 0.3 is 0 Å². The SMILES string of the molecule is CC[NH+](CC(=O)Nc1ccc2ccccc2c1)Cc1ccccc1. The Morgan fingerprint density at radius 3 is 2.38 bits per heavy atom. The summed E-state index contributed by atoms with van der Waals surface area (Å²) in [5.74, 6) is 0.0538. The molecule has 0 saturated heterocycles. The first-order chi connectivity index (χ1) is 11.7. The van der Waals surface area contributed by atoms with Gasteiger partial charge in [-0.05, 0) is 29.8 Å². The van der Waals surface area contributed by atoms with Gasteiger partial charge in [0.15, 0.2) is 6.54 Å². The van der Waals surface area contributed by atoms with E-state index in [4.69, 9.17) is 0 Å². The molecule has 1 atom stereocenters. The lowest BCUT2D eigenvalue weighted by Gasteiger charge is -2.17. The molecule has 24 heavy (non-hydrogen) atoms. The lowest BCUT2D eigenvalue weighted by atomic mass is 10.1. The summed E-state index contributed by atoms with van der Waals surface area (Å²) in [5.41, 5.74) is 2.11. The van der Waals surface area contributed by atoms with Crippen LogP contribution < -0.4 is 10.2 Å². The zero-order valence-electron chi connectivity index (χ0n) is 14.0. The molecule has 0 aliphatic rings. The van der Waals surface area contributed by atoms with Crippen LogP contribution in [0, 0.1) is 0 Å². The van der Waals surface area contributed by atoms with Crippen LogP contribution in [-0.2, 0) is 11.3 Å². The molecule has 2 N–H and O–H groups in total. The topological polar surface area (TPSA) is 33.5 Å². The summed E-state index contributed by atoms with van der Waals surface area (Å²) in [6, 6.07) is 24.5. The van der Waals surface area contributed by atoms with Crippen LogP contribution in [0.2, 0.25) is 0 Å². The Hall–Kier alpha value is -2.65. The number of rotatable bonds is 6. The van der Waals surface area contributed by atoms with Crippen molar-refractivity contribution in [3.63, 3.8) is 0 Å². The molecule has 122 valence electrons. The predicted molar refractivity (Wildman–Crippen MR) is 99.1 cm³/mol. The molecule has 3 rings (SSSR count). The Balaban J connectivity index is 1.62. The van der Waals surface area contributed by atoms with Gasteiger partial charge in [-0.3, -0.25) is 4.79 Å². The van der Waals surface area contributed by atoms with Crippen molar-refractivity contribution in [3.8, 4) is 0 Å². The average Bonchev–Trinajstić information content (AvgIpc) is 2.62. The monoisotopic (exact) mass is 319 g/mol. The molecule has 0 heterocycles. The number of benzene rings is 3. The number of nitrogens with one attached hydrogen (secondary N) is 2. The van der Waals surface area contributed by atoms with Crippen molar-refractivity contribution in [1.82, 2.24) is 0 Å². The highest BCUT2D eigenvalue weighted by Gasteiger charge is 2.13. The smallest absolute Gasteiger partial charge is 0.279 e. The van der Waals surface area contributed by atoms with Crippen LogP contribution in [-0.4, -0.2) is 19.0 Å². The quantitative estimate of drug-likeness (QED) is 0.720. The van der Waals surface area contributed by atoms with Gasteiger partial charge < -0.3 is 10.2 Å². The number of fused-ring (bicyclic) bond motifs is 1. The van der Waals surface area contributed by atoms with Crippen LogP contribution in [0.15, 0.2) is 72.8 Å². The molecule has 0 radical (unpaired) electrons. The summed E-state index contributed by atoms with van der Waals surface area (Å²) < 4.78 is 0. The number of carbonyl (C=O) groups excluding carboxylic acids is 1. The van der Waals surface area contributed by atoms with E-state index in [2.05, 4.69) is 36.5 Å². The Labute approximate surface area is 142 Å². The number of carbonyl (C=O) groups is 1. The molecule has 0 aromatic heterocycles. The van der Waals surface area contributed by atoms with Crippen molar-refractivity contribution in [2.24, 2.45) is 0 Å². The van der Waals surface area contributed by atoms with E-state index in [1.165, 1.54) is 15.8 Å². The molecular formula is C21H23N2O+. The second kappa shape index (κ2) is 7.75. The average molecular weight is 319 g/mol. The van der Waals surface area contributed by atoms with Crippen molar-refractivity contribution in [3.05, 3.63) is 78.4 Å². The van der Waals surface area contributed by atoms with Crippen LogP contribution >= 0.6 is 0 Å². The fraction of sp³-hybridized carbons (Fsp3) is 0.190. The van der Waals surface area contributed by atoms with Crippen molar-refractivity contribution in [2.45, 2.75) is 13.5 Å². The van der Waals surface area contributed by atoms with Gasteiger partial charge in [0.2, 0.25) is 0 Å². The molecule has 0 spiro atoms. The highest BCUT2D eigenvalue weighted by molar-refractivity contribution is 5.94. The van der Waals surface area contributed by atoms with Gasteiger partial charge in [0.25, 0.3) is 5.91 Å². The number of quaternary nitrogens is 1. The van der Waals surface area contributed by atoms with E-state index in [1.54, 1.807) is 0 Å². The van der Waals surface area contributed by atoms with E-state index < -0.39 is 0 Å². The third-order valence-electron chi connectivity index (χ3n) is 4.24. The minimum absolute atomic E-state index is 0.0538. The van der Waals surface area contributed by atoms with Crippen LogP contribution in [0.5, 0.6) is 0 Å². The first-order valence-corrected chi connectivity index (χ1v) is 8.41. The van der Waals surface area contributed by atoms with E-state index in [0.717, 1.165) is 24.2 Å². The van der Waals surface area contributed by atoms with Crippen LogP contribution in [0.25, 0.3) is 10.8 Å². The van der Waals surface area contributed by atoms with E-state index in [1.807, 2.05) is 48.5 Å². The standard InChI is InChI=1S/C21H22N2O/c1-2-23(15-17-8-4-3-5-9-17)16-21(24)22-20-13-12-18-10-6-7-11-19(18)14-20/h3-14H,2,15-16H2,1H3,(H,22,24)/p+1. The van der Waals surface area contributed by atoms with E-state index in [9.17, 15) is 4.79 Å². The molecule has 0 bridgehead atoms. The zero-order chi connectivity index (χ0) is 16.8. The number of amides is 1. The number of likely N-dealkylation sites (N-methyl/N-ethyl adjacent to an activating group) is 1. The normalized spacial score (nSPS) is 12.0. The Bertz CT molecular complexity index is 814. The van der Waals surface area contributed by atoms with Gasteiger partial charge in [-0.15, -0.1) is 0 Å². The molecule has 1 unspecified atom stereocenters. The zero-order valence-corrected chi connectivity index (χ0v) is 14.0. The lowest BCUT2D eigenvalue weighted by molar-refractivity contribution is -0.903. The second-order valence-corrected chi connectivity index (χ2v) is 6.05. The highest BCUT2D eigenvalue weighted by atomic mass is 16.2. The van der Waals surface area contributed by atoms with Crippen molar-refractivity contribution in [2.75, 3.05) is 18.4 Å². The van der Waals surface area contributed by atoms with Crippen LogP contribution in [0.3, 0.4) is 0 Å². The first-order valence-electron chi connectivity index (χ1n) is 8.41. The largest absolute Gasteiger partial charge is 0.324 e. The molecule has 3 aromatic rings. The van der Waals surface area contributed by atoms with Gasteiger partial charge in [-0.25, -0.2) is 0 Å². The summed E-state index contributed by atoms with van der Waals surface area (Å²) in [5, 5.41) is 5.34. The number of hydrogen-bond acceptors (Lipinski definition) is 1. The maximum Gasteiger partial charge on any atom is 0.279 e. The maximum absolute atomic E-state index is 12.4. The molecule has 1 amide bonds. The van der Waals surface area contributed by atoms with Gasteiger partial charge in [0.1, 0.15) is 6.54 Å². The lowest BCUT2D eigenvalue weighted by Crippen LogP contribution is -3.11. The number of anilines is 1. The molecular weight excluding hydrogens is 296 g/mol. The summed E-state index contributed by atoms with van der Waals surface area (Å²) in [6.07, 6.45) is 0. The molecule has 3 heteroatoms. The third-order valence-corrected chi connectivity index (χ3v) is 4.24. The Morgan fingerprint density at radius 1 is 0.917 bits per heavy atom. The second-order valence-electron chi connectivity index (χ2n) is 6.05. The molecule has 0 aliphatic heterocycles. The molecule has 3 nitrogen and oxygen atoms in total. The first kappa shape index (κ1) is 16.2. The minimum Gasteiger partial charge on any atom is -0.324 e. The van der Waals surface area contributed by atoms with E-state index in [-0.39, 0.29) is 5.91 Å². The minimum atomic E-state index is 0.0538. The molecule has 3 aromatic carbocycles. The third kappa shape index (κ3) is 4.21. The maximum atomic E-state index is 12.4. The Morgan fingerprint density at radius 2 is 1.62 bits per heavy atom. The summed E-state index contributed by atoms with van der Waals surface area (Å²) in [7, 11) is 0. The predicted octanol–water partition coefficient (Wildman–Crippen LogP) is 2.88. The van der Waals surface area contributed by atoms with Crippen molar-refractivity contribution < 1.29 is 9.69 Å². The van der Waals surface area contributed by atoms with Crippen molar-refractivity contribution in [1.29, 1.82) is 0 Å². The van der Waals surface area contributed by atoms with Gasteiger partial charge in [-0.2, -0.15) is 0 Å². The highest BCUT2D eigenvalue weighted by Crippen LogP contribution is 2.18. The van der Waals surface area contributed by atoms with Gasteiger partial charge in [0, 0.05) is 11.3 Å². The van der Waals surface area contributed by atoms with E-state index >= 15 is 0 Å². The molecule has 0 fully saturated rings. The van der Waals surface area contributed by atoms with E-state index in [0.29, 0.717) is 6.54 Å². The van der Waals surface area contributed by atoms with Crippen LogP contribution in [0.4, 0.5) is 5.69 Å². The van der Waals surface area contributed by atoms with Crippen LogP contribution in [0.1, 0.15) is 12.5 Å². The summed E-state index contributed by atoms with van der Waals surface area (Å²) in [6.45, 7) is 4.36. The fourth-order valence-corrected chi connectivity index (χ4v) is 2.90. The van der Waals surface area contributed by atoms with Crippen molar-refractivity contribution >= 4 is 22.4 Å². The Kier molecular flexibility index (Phi) is 5.24. The van der Waals surface area contributed by atoms with Gasteiger partial charge in [-0.1, -0.05) is 60.7 Å². The fourth-order valence-electron chi connectivity index (χ4n) is 2.90. The molecule has 0 aliphatic carbocycles. The molecule has 0 saturated carbocycles. The summed E-state index contributed by atoms with van der Waals surface area (Å²) >= 11 is 0. The number of hydrogen-bond donors (Lipinski definition) is 2. The summed E-state index contributed by atoms with van der Waals surface area (Å²) in [4.78, 5) is 13.6.